The molecule has 4 aromatic carbocycles. The van der Waals surface area contributed by atoms with E-state index >= 15 is 0 Å². The SMILES string of the molecule is C=C(c1ccc(NC(=O)Cn2cnc3c2c(=O)n(C)c(=O)n3C)cc1Cl)C(C)(F)F.CC(F)C(F)(F)Oc1ccc(NC(=O)Cn2cnc3c2c(=O)n(C)c(=O)n3C)cc1.Cc1ccc(NC(=O)Cn2cnc3c2c(=O)n(C)c(=O)n3C)cc1C(F)(F)F.Cn1c(=O)c2c(ncn2CC(=O)Nc2ccc(OC(C)(F)F)cc2)n(C)c1=O.[HH].[HH].[HH]. The molecule has 116 heavy (non-hydrogen) atoms. The van der Waals surface area contributed by atoms with E-state index in [1.165, 1.54) is 192 Å². The first kappa shape index (κ1) is 86.3. The van der Waals surface area contributed by atoms with Crippen molar-refractivity contribution < 1.29 is 76.8 Å². The molecule has 45 heteroatoms. The van der Waals surface area contributed by atoms with Gasteiger partial charge in [0, 0.05) is 108 Å². The highest BCUT2D eigenvalue weighted by Gasteiger charge is 2.40. The molecule has 12 rings (SSSR count). The molecule has 620 valence electrons. The summed E-state index contributed by atoms with van der Waals surface area (Å²) in [6.45, 7) is 5.59. The molecule has 0 saturated heterocycles. The molecule has 8 heterocycles. The summed E-state index contributed by atoms with van der Waals surface area (Å²) in [5.74, 6) is -5.60. The van der Waals surface area contributed by atoms with Crippen LogP contribution in [0.15, 0.2) is 155 Å². The Morgan fingerprint density at radius 1 is 0.448 bits per heavy atom. The van der Waals surface area contributed by atoms with Gasteiger partial charge in [-0.1, -0.05) is 30.3 Å². The van der Waals surface area contributed by atoms with Gasteiger partial charge in [-0.15, -0.1) is 0 Å². The minimum Gasteiger partial charge on any atom is -0.433 e. The Hall–Kier alpha value is -13.7. The Morgan fingerprint density at radius 2 is 0.733 bits per heavy atom. The monoisotopic (exact) mass is 1660 g/mol. The van der Waals surface area contributed by atoms with E-state index in [4.69, 9.17) is 11.6 Å². The number of aromatic nitrogens is 16. The number of alkyl halides is 10. The molecule has 0 spiro atoms. The van der Waals surface area contributed by atoms with Crippen LogP contribution in [0.1, 0.15) is 41.7 Å². The van der Waals surface area contributed by atoms with Crippen LogP contribution < -0.4 is 75.7 Å². The minimum absolute atomic E-state index is 0. The van der Waals surface area contributed by atoms with E-state index in [1.54, 1.807) is 0 Å². The number of benzene rings is 4. The number of carbonyl (C=O) groups is 4. The zero-order valence-corrected chi connectivity index (χ0v) is 63.8. The van der Waals surface area contributed by atoms with Gasteiger partial charge in [0.1, 0.15) is 37.7 Å². The average molecular weight is 1660 g/mol. The van der Waals surface area contributed by atoms with E-state index in [2.05, 4.69) is 57.3 Å². The molecule has 0 aliphatic carbocycles. The molecule has 0 bridgehead atoms. The van der Waals surface area contributed by atoms with Crippen LogP contribution in [0.25, 0.3) is 50.2 Å². The number of amides is 4. The molecule has 0 radical (unpaired) electrons. The highest BCUT2D eigenvalue weighted by molar-refractivity contribution is 6.32. The topological polar surface area (TPSA) is 382 Å². The number of ether oxygens (including phenoxy) is 2. The number of rotatable bonds is 19. The van der Waals surface area contributed by atoms with Crippen LogP contribution in [-0.4, -0.2) is 123 Å². The number of nitrogens with zero attached hydrogens (tertiary/aromatic N) is 16. The molecule has 1 unspecified atom stereocenters. The lowest BCUT2D eigenvalue weighted by Gasteiger charge is -2.19. The van der Waals surface area contributed by atoms with E-state index in [1.807, 2.05) is 0 Å². The summed E-state index contributed by atoms with van der Waals surface area (Å²) in [6.07, 6.45) is -9.24. The summed E-state index contributed by atoms with van der Waals surface area (Å²) >= 11 is 6.07. The van der Waals surface area contributed by atoms with Crippen LogP contribution in [0.3, 0.4) is 0 Å². The van der Waals surface area contributed by atoms with Crippen LogP contribution in [0, 0.1) is 6.92 Å². The maximum Gasteiger partial charge on any atom is 0.429 e. The predicted octanol–water partition coefficient (Wildman–Crippen LogP) is 7.00. The van der Waals surface area contributed by atoms with Gasteiger partial charge in [-0.3, -0.25) is 74.9 Å². The number of anilines is 4. The molecular weight excluding hydrogens is 1580 g/mol. The number of hydrogen-bond donors (Lipinski definition) is 4. The molecule has 0 aliphatic heterocycles. The van der Waals surface area contributed by atoms with Crippen LogP contribution in [0.2, 0.25) is 5.02 Å². The third-order valence-electron chi connectivity index (χ3n) is 17.3. The van der Waals surface area contributed by atoms with Crippen molar-refractivity contribution in [2.45, 2.75) is 84.4 Å². The number of allylic oxidation sites excluding steroid dienone is 1. The predicted molar refractivity (Wildman–Crippen MR) is 409 cm³/mol. The van der Waals surface area contributed by atoms with E-state index in [-0.39, 0.29) is 120 Å². The first-order chi connectivity index (χ1) is 54.0. The highest BCUT2D eigenvalue weighted by Crippen LogP contribution is 2.37. The molecule has 34 nitrogen and oxygen atoms in total. The summed E-state index contributed by atoms with van der Waals surface area (Å²) in [7, 11) is 11.1. The molecule has 4 N–H and O–H groups in total. The van der Waals surface area contributed by atoms with Crippen LogP contribution in [-0.2, 0) is 108 Å². The molecule has 0 aliphatic rings. The van der Waals surface area contributed by atoms with Gasteiger partial charge in [-0.05, 0) is 92.2 Å². The van der Waals surface area contributed by atoms with Gasteiger partial charge in [0.25, 0.3) is 28.2 Å². The van der Waals surface area contributed by atoms with Crippen LogP contribution in [0.4, 0.5) is 66.7 Å². The van der Waals surface area contributed by atoms with Crippen molar-refractivity contribution in [2.75, 3.05) is 21.3 Å². The summed E-state index contributed by atoms with van der Waals surface area (Å²) < 4.78 is 153. The van der Waals surface area contributed by atoms with Crippen LogP contribution in [0.5, 0.6) is 11.5 Å². The molecule has 4 amide bonds. The maximum absolute atomic E-state index is 13.5. The van der Waals surface area contributed by atoms with Crippen molar-refractivity contribution in [1.82, 2.24) is 74.7 Å². The number of hydrogen-bond acceptors (Lipinski definition) is 18. The zero-order chi connectivity index (χ0) is 86.0. The quantitative estimate of drug-likeness (QED) is 0.0592. The molecule has 0 fully saturated rings. The molecule has 1 atom stereocenters. The normalized spacial score (nSPS) is 12.0. The maximum atomic E-state index is 13.5. The number of halogens is 11. The smallest absolute Gasteiger partial charge is 0.429 e. The van der Waals surface area contributed by atoms with E-state index in [0.717, 1.165) is 43.4 Å². The third-order valence-corrected chi connectivity index (χ3v) is 17.7. The first-order valence-corrected chi connectivity index (χ1v) is 34.0. The highest BCUT2D eigenvalue weighted by atomic mass is 35.5. The van der Waals surface area contributed by atoms with Gasteiger partial charge in [-0.25, -0.2) is 52.3 Å². The van der Waals surface area contributed by atoms with E-state index in [9.17, 15) is 101 Å². The lowest BCUT2D eigenvalue weighted by molar-refractivity contribution is -0.215. The lowest BCUT2D eigenvalue weighted by atomic mass is 10.0. The van der Waals surface area contributed by atoms with Gasteiger partial charge in [0.05, 0.1) is 35.9 Å². The van der Waals surface area contributed by atoms with Crippen molar-refractivity contribution >= 4 is 108 Å². The Balaban J connectivity index is 0.000000244. The standard InChI is InChI=1S/C19H18ClF2N5O3.C18H18F3N5O4.C17H16F3N5O3.C17H17F2N5O4.3H2/c1-10(19(2,21)22)12-6-5-11(7-13(12)20)24-14(28)8-27-9-23-16-15(27)17(29)26(4)18(30)25(16)3;1-10(19)18(20,21)30-12-6-4-11(5-7-12)23-13(27)8-26-9-22-15-14(26)16(28)25(3)17(29)24(15)2;1-9-4-5-10(6-11(9)17(18,19)20)22-12(26)7-25-8-21-14-13(25)15(27)24(3)16(28)23(14)2;1-17(18,19)28-11-6-4-10(5-7-11)21-12(25)8-24-9-20-14-13(24)15(26)23(3)16(27)22(14)2;;;/h5-7,9H,1,8H2,2-4H3,(H,24,28);4-7,9-10H,8H2,1-3H3,(H,23,27);4-6,8H,7H2,1-3H3,(H,22,26);4-7,9H,8H2,1-3H3,(H,21,25);3*1H. The van der Waals surface area contributed by atoms with Crippen molar-refractivity contribution in [3.05, 3.63) is 222 Å². The summed E-state index contributed by atoms with van der Waals surface area (Å²) in [5, 5.41) is 10.1. The third kappa shape index (κ3) is 19.0. The number of nitrogens with one attached hydrogen (secondary N) is 4. The average Bonchev–Trinajstić information content (AvgIpc) is 1.64. The number of aryl methyl sites for hydroxylation is 5. The number of fused-ring (bicyclic) bond motifs is 4. The fraction of sp³-hybridized carbons (Fsp3) is 0.296. The second kappa shape index (κ2) is 33.5. The summed E-state index contributed by atoms with van der Waals surface area (Å²) in [5.41, 5.74) is -3.88. The van der Waals surface area contributed by atoms with Gasteiger partial charge >= 0.3 is 41.2 Å². The fourth-order valence-corrected chi connectivity index (χ4v) is 11.5. The van der Waals surface area contributed by atoms with Crippen molar-refractivity contribution in [1.29, 1.82) is 0 Å². The van der Waals surface area contributed by atoms with Gasteiger partial charge < -0.3 is 49.0 Å². The van der Waals surface area contributed by atoms with Gasteiger partial charge in [0.15, 0.2) is 44.7 Å². The zero-order valence-electron chi connectivity index (χ0n) is 63.0. The Bertz CT molecular complexity index is 6430. The first-order valence-electron chi connectivity index (χ1n) is 33.7. The van der Waals surface area contributed by atoms with Crippen molar-refractivity contribution in [2.24, 2.45) is 56.4 Å². The lowest BCUT2D eigenvalue weighted by Crippen LogP contribution is -2.37. The van der Waals surface area contributed by atoms with Gasteiger partial charge in [-0.2, -0.15) is 30.7 Å². The summed E-state index contributed by atoms with van der Waals surface area (Å²) in [4.78, 5) is 163. The largest absolute Gasteiger partial charge is 0.433 e. The van der Waals surface area contributed by atoms with Crippen molar-refractivity contribution in [3.63, 3.8) is 0 Å². The second-order valence-corrected chi connectivity index (χ2v) is 26.4. The van der Waals surface area contributed by atoms with E-state index < -0.39 is 110 Å². The molecule has 0 saturated carbocycles. The fourth-order valence-electron chi connectivity index (χ4n) is 11.2. The molecule has 8 aromatic heterocycles. The Kier molecular flexibility index (Phi) is 24.9. The molecule has 12 aromatic rings. The van der Waals surface area contributed by atoms with Crippen molar-refractivity contribution in [3.8, 4) is 11.5 Å². The number of imidazole rings is 4. The Morgan fingerprint density at radius 3 is 1.02 bits per heavy atom. The second-order valence-electron chi connectivity index (χ2n) is 26.0. The van der Waals surface area contributed by atoms with E-state index in [0.29, 0.717) is 19.5 Å². The molecular formula is C71H75ClF10N20O14. The minimum atomic E-state index is -4.54. The number of carbonyl (C=O) groups excluding carboxylic acids is 4. The Labute approximate surface area is 653 Å². The van der Waals surface area contributed by atoms with Crippen LogP contribution >= 0.6 is 11.6 Å². The van der Waals surface area contributed by atoms with Gasteiger partial charge in [0.2, 0.25) is 29.8 Å². The summed E-state index contributed by atoms with van der Waals surface area (Å²) in [6, 6.07) is 17.9.